The van der Waals surface area contributed by atoms with Crippen LogP contribution in [0.5, 0.6) is 5.75 Å². The Morgan fingerprint density at radius 1 is 1.20 bits per heavy atom. The van der Waals surface area contributed by atoms with Crippen LogP contribution in [0.25, 0.3) is 0 Å². The van der Waals surface area contributed by atoms with Crippen molar-refractivity contribution in [3.63, 3.8) is 0 Å². The first-order valence-electron chi connectivity index (χ1n) is 6.68. The number of hydrogen-bond donors (Lipinski definition) is 0. The van der Waals surface area contributed by atoms with Gasteiger partial charge in [-0.15, -0.1) is 0 Å². The predicted octanol–water partition coefficient (Wildman–Crippen LogP) is 5.07. The Kier molecular flexibility index (Phi) is 4.80. The molecule has 0 heterocycles. The van der Waals surface area contributed by atoms with Gasteiger partial charge >= 0.3 is 5.97 Å². The van der Waals surface area contributed by atoms with Crippen molar-refractivity contribution in [3.05, 3.63) is 64.7 Å². The van der Waals surface area contributed by atoms with Crippen LogP contribution >= 0.6 is 11.6 Å². The van der Waals surface area contributed by atoms with Crippen molar-refractivity contribution in [2.24, 2.45) is 0 Å². The Morgan fingerprint density at radius 3 is 2.50 bits per heavy atom. The van der Waals surface area contributed by atoms with Crippen molar-refractivity contribution in [1.82, 2.24) is 0 Å². The van der Waals surface area contributed by atoms with Gasteiger partial charge in [-0.1, -0.05) is 43.6 Å². The first-order chi connectivity index (χ1) is 9.60. The van der Waals surface area contributed by atoms with Crippen molar-refractivity contribution < 1.29 is 9.53 Å². The highest BCUT2D eigenvalue weighted by atomic mass is 35.5. The predicted molar refractivity (Wildman–Crippen MR) is 81.6 cm³/mol. The van der Waals surface area contributed by atoms with Gasteiger partial charge in [0.2, 0.25) is 0 Å². The summed E-state index contributed by atoms with van der Waals surface area (Å²) in [6.07, 6.45) is 1.08. The average Bonchev–Trinajstić information content (AvgIpc) is 2.47. The summed E-state index contributed by atoms with van der Waals surface area (Å²) in [5.74, 6) is 0.651. The van der Waals surface area contributed by atoms with E-state index in [4.69, 9.17) is 16.3 Å². The lowest BCUT2D eigenvalue weighted by atomic mass is 9.99. The van der Waals surface area contributed by atoms with Gasteiger partial charge in [0.25, 0.3) is 0 Å². The maximum Gasteiger partial charge on any atom is 0.343 e. The van der Waals surface area contributed by atoms with Gasteiger partial charge in [-0.3, -0.25) is 0 Å². The van der Waals surface area contributed by atoms with Gasteiger partial charge in [-0.25, -0.2) is 4.79 Å². The quantitative estimate of drug-likeness (QED) is 0.580. The molecule has 0 radical (unpaired) electrons. The van der Waals surface area contributed by atoms with Crippen molar-refractivity contribution in [2.45, 2.75) is 26.2 Å². The van der Waals surface area contributed by atoms with Gasteiger partial charge in [0.05, 0.1) is 5.56 Å². The second kappa shape index (κ2) is 6.58. The van der Waals surface area contributed by atoms with E-state index >= 15 is 0 Å². The van der Waals surface area contributed by atoms with E-state index in [0.29, 0.717) is 22.3 Å². The van der Waals surface area contributed by atoms with E-state index in [9.17, 15) is 4.79 Å². The van der Waals surface area contributed by atoms with E-state index in [-0.39, 0.29) is 0 Å². The molecule has 2 aromatic rings. The largest absolute Gasteiger partial charge is 0.423 e. The molecule has 0 aromatic heterocycles. The molecule has 0 spiro atoms. The van der Waals surface area contributed by atoms with E-state index in [1.54, 1.807) is 24.3 Å². The fourth-order valence-corrected chi connectivity index (χ4v) is 2.07. The zero-order chi connectivity index (χ0) is 14.5. The molecule has 0 saturated carbocycles. The molecule has 1 unspecified atom stereocenters. The fourth-order valence-electron chi connectivity index (χ4n) is 1.88. The molecule has 0 aliphatic carbocycles. The van der Waals surface area contributed by atoms with Gasteiger partial charge in [0.15, 0.2) is 0 Å². The molecule has 104 valence electrons. The molecule has 3 heteroatoms. The molecule has 20 heavy (non-hydrogen) atoms. The summed E-state index contributed by atoms with van der Waals surface area (Å²) in [7, 11) is 0. The van der Waals surface area contributed by atoms with Gasteiger partial charge in [-0.2, -0.15) is 0 Å². The van der Waals surface area contributed by atoms with Crippen LogP contribution in [0.3, 0.4) is 0 Å². The lowest BCUT2D eigenvalue weighted by molar-refractivity contribution is 0.0734. The van der Waals surface area contributed by atoms with Crippen LogP contribution < -0.4 is 4.74 Å². The molecule has 0 saturated heterocycles. The molecule has 2 rings (SSSR count). The summed E-state index contributed by atoms with van der Waals surface area (Å²) in [5, 5.41) is 0.520. The summed E-state index contributed by atoms with van der Waals surface area (Å²) in [6, 6.07) is 14.4. The minimum atomic E-state index is -0.399. The summed E-state index contributed by atoms with van der Waals surface area (Å²) in [4.78, 5) is 12.0. The Hall–Kier alpha value is -1.80. The van der Waals surface area contributed by atoms with Gasteiger partial charge in [0.1, 0.15) is 5.75 Å². The minimum absolute atomic E-state index is 0.399. The van der Waals surface area contributed by atoms with Crippen LogP contribution in [0.2, 0.25) is 5.02 Å². The molecule has 2 aromatic carbocycles. The summed E-state index contributed by atoms with van der Waals surface area (Å²) in [6.45, 7) is 4.32. The van der Waals surface area contributed by atoms with E-state index < -0.39 is 5.97 Å². The first-order valence-corrected chi connectivity index (χ1v) is 7.05. The number of rotatable bonds is 4. The van der Waals surface area contributed by atoms with Crippen LogP contribution in [0.15, 0.2) is 48.5 Å². The average molecular weight is 289 g/mol. The van der Waals surface area contributed by atoms with Crippen LogP contribution in [0.1, 0.15) is 42.1 Å². The zero-order valence-electron chi connectivity index (χ0n) is 11.6. The Balaban J connectivity index is 2.08. The minimum Gasteiger partial charge on any atom is -0.423 e. The molecule has 0 aliphatic heterocycles. The number of carbonyl (C=O) groups excluding carboxylic acids is 1. The molecule has 0 bridgehead atoms. The van der Waals surface area contributed by atoms with E-state index in [1.807, 2.05) is 24.3 Å². The van der Waals surface area contributed by atoms with E-state index in [1.165, 1.54) is 5.56 Å². The molecule has 0 aliphatic rings. The lowest BCUT2D eigenvalue weighted by Gasteiger charge is -2.10. The van der Waals surface area contributed by atoms with Gasteiger partial charge in [0, 0.05) is 5.02 Å². The summed E-state index contributed by atoms with van der Waals surface area (Å²) >= 11 is 5.86. The highest BCUT2D eigenvalue weighted by Gasteiger charge is 2.09. The maximum absolute atomic E-state index is 12.0. The number of carbonyl (C=O) groups is 1. The van der Waals surface area contributed by atoms with E-state index in [2.05, 4.69) is 13.8 Å². The normalized spacial score (nSPS) is 11.9. The highest BCUT2D eigenvalue weighted by Crippen LogP contribution is 2.22. The smallest absolute Gasteiger partial charge is 0.343 e. The number of benzene rings is 2. The second-order valence-electron chi connectivity index (χ2n) is 4.78. The summed E-state index contributed by atoms with van der Waals surface area (Å²) in [5.41, 5.74) is 1.69. The third-order valence-electron chi connectivity index (χ3n) is 3.33. The molecular weight excluding hydrogens is 272 g/mol. The maximum atomic E-state index is 12.0. The lowest BCUT2D eigenvalue weighted by Crippen LogP contribution is -2.08. The highest BCUT2D eigenvalue weighted by molar-refractivity contribution is 6.30. The Labute approximate surface area is 124 Å². The molecule has 2 nitrogen and oxygen atoms in total. The third kappa shape index (κ3) is 3.61. The Morgan fingerprint density at radius 2 is 1.90 bits per heavy atom. The van der Waals surface area contributed by atoms with Crippen molar-refractivity contribution in [2.75, 3.05) is 0 Å². The standard InChI is InChI=1S/C17H17ClO2/c1-3-12(2)13-7-9-16(10-8-13)20-17(19)14-5-4-6-15(18)11-14/h4-12H,3H2,1-2H3. The number of esters is 1. The van der Waals surface area contributed by atoms with Gasteiger partial charge in [-0.05, 0) is 48.2 Å². The van der Waals surface area contributed by atoms with Crippen LogP contribution in [-0.2, 0) is 0 Å². The number of halogens is 1. The van der Waals surface area contributed by atoms with Crippen LogP contribution in [0, 0.1) is 0 Å². The SMILES string of the molecule is CCC(C)c1ccc(OC(=O)c2cccc(Cl)c2)cc1. The fraction of sp³-hybridized carbons (Fsp3) is 0.235. The molecular formula is C17H17ClO2. The van der Waals surface area contributed by atoms with Crippen LogP contribution in [-0.4, -0.2) is 5.97 Å². The molecule has 0 fully saturated rings. The topological polar surface area (TPSA) is 26.3 Å². The second-order valence-corrected chi connectivity index (χ2v) is 5.21. The van der Waals surface area contributed by atoms with Crippen molar-refractivity contribution >= 4 is 17.6 Å². The number of ether oxygens (including phenoxy) is 1. The van der Waals surface area contributed by atoms with Crippen molar-refractivity contribution in [3.8, 4) is 5.75 Å². The first kappa shape index (κ1) is 14.6. The zero-order valence-corrected chi connectivity index (χ0v) is 12.4. The van der Waals surface area contributed by atoms with Crippen LogP contribution in [0.4, 0.5) is 0 Å². The molecule has 0 amide bonds. The monoisotopic (exact) mass is 288 g/mol. The molecule has 0 N–H and O–H groups in total. The van der Waals surface area contributed by atoms with Gasteiger partial charge < -0.3 is 4.74 Å². The third-order valence-corrected chi connectivity index (χ3v) is 3.57. The van der Waals surface area contributed by atoms with E-state index in [0.717, 1.165) is 6.42 Å². The molecule has 1 atom stereocenters. The summed E-state index contributed by atoms with van der Waals surface area (Å²) < 4.78 is 5.33. The van der Waals surface area contributed by atoms with Crippen molar-refractivity contribution in [1.29, 1.82) is 0 Å². The number of hydrogen-bond acceptors (Lipinski definition) is 2. The Bertz CT molecular complexity index is 590.